The molecule has 2 aromatic heterocycles. The lowest BCUT2D eigenvalue weighted by Gasteiger charge is -2.21. The van der Waals surface area contributed by atoms with Crippen LogP contribution in [0.2, 0.25) is 0 Å². The summed E-state index contributed by atoms with van der Waals surface area (Å²) in [6.45, 7) is 7.07. The highest BCUT2D eigenvalue weighted by molar-refractivity contribution is 5.87. The molecule has 0 saturated carbocycles. The fourth-order valence-corrected chi connectivity index (χ4v) is 2.00. The second-order valence-electron chi connectivity index (χ2n) is 6.87. The van der Waals surface area contributed by atoms with Gasteiger partial charge in [-0.25, -0.2) is 19.6 Å². The zero-order valence-corrected chi connectivity index (χ0v) is 16.5. The predicted octanol–water partition coefficient (Wildman–Crippen LogP) is 3.04. The van der Waals surface area contributed by atoms with Gasteiger partial charge in [0, 0.05) is 17.8 Å². The molecule has 1 atom stereocenters. The molecule has 2 aromatic rings. The SMILES string of the molecule is COC(=O)c1cncc(-c2ccc(OCC(C)OC(=O)OC(C)(C)C)nc2)n1. The first kappa shape index (κ1) is 21.1. The van der Waals surface area contributed by atoms with E-state index in [-0.39, 0.29) is 12.3 Å². The molecular weight excluding hydrogens is 366 g/mol. The quantitative estimate of drug-likeness (QED) is 0.688. The number of rotatable bonds is 6. The number of methoxy groups -OCH3 is 1. The van der Waals surface area contributed by atoms with Crippen molar-refractivity contribution >= 4 is 12.1 Å². The highest BCUT2D eigenvalue weighted by Gasteiger charge is 2.20. The van der Waals surface area contributed by atoms with E-state index >= 15 is 0 Å². The molecule has 150 valence electrons. The predicted molar refractivity (Wildman–Crippen MR) is 98.9 cm³/mol. The van der Waals surface area contributed by atoms with Crippen molar-refractivity contribution in [2.24, 2.45) is 0 Å². The molecule has 0 N–H and O–H groups in total. The number of ether oxygens (including phenoxy) is 4. The first-order valence-corrected chi connectivity index (χ1v) is 8.57. The normalized spacial score (nSPS) is 12.0. The summed E-state index contributed by atoms with van der Waals surface area (Å²) in [5, 5.41) is 0. The summed E-state index contributed by atoms with van der Waals surface area (Å²) in [5.74, 6) is -0.221. The smallest absolute Gasteiger partial charge is 0.474 e. The lowest BCUT2D eigenvalue weighted by atomic mass is 10.2. The summed E-state index contributed by atoms with van der Waals surface area (Å²) in [4.78, 5) is 35.5. The Bertz CT molecular complexity index is 817. The van der Waals surface area contributed by atoms with Crippen molar-refractivity contribution in [3.8, 4) is 17.1 Å². The molecule has 2 rings (SSSR count). The lowest BCUT2D eigenvalue weighted by molar-refractivity contribution is -0.0314. The van der Waals surface area contributed by atoms with E-state index in [1.54, 1.807) is 46.0 Å². The summed E-state index contributed by atoms with van der Waals surface area (Å²) < 4.78 is 20.3. The van der Waals surface area contributed by atoms with Crippen LogP contribution in [0.1, 0.15) is 38.2 Å². The number of esters is 1. The number of hydrogen-bond acceptors (Lipinski definition) is 9. The van der Waals surface area contributed by atoms with Gasteiger partial charge in [0.15, 0.2) is 5.69 Å². The van der Waals surface area contributed by atoms with Gasteiger partial charge < -0.3 is 18.9 Å². The molecule has 0 aromatic carbocycles. The fraction of sp³-hybridized carbons (Fsp3) is 0.421. The third-order valence-corrected chi connectivity index (χ3v) is 3.21. The van der Waals surface area contributed by atoms with Gasteiger partial charge in [0.05, 0.1) is 25.2 Å². The number of carbonyl (C=O) groups is 2. The van der Waals surface area contributed by atoms with E-state index in [4.69, 9.17) is 14.2 Å². The second-order valence-corrected chi connectivity index (χ2v) is 6.87. The van der Waals surface area contributed by atoms with Gasteiger partial charge in [-0.1, -0.05) is 0 Å². The third kappa shape index (κ3) is 6.49. The lowest BCUT2D eigenvalue weighted by Crippen LogP contribution is -2.29. The molecule has 0 fully saturated rings. The van der Waals surface area contributed by atoms with Crippen LogP contribution in [0.5, 0.6) is 5.88 Å². The van der Waals surface area contributed by atoms with Crippen molar-refractivity contribution in [2.45, 2.75) is 39.4 Å². The Morgan fingerprint density at radius 3 is 2.50 bits per heavy atom. The van der Waals surface area contributed by atoms with Gasteiger partial charge in [0.25, 0.3) is 0 Å². The van der Waals surface area contributed by atoms with E-state index < -0.39 is 23.8 Å². The van der Waals surface area contributed by atoms with Crippen molar-refractivity contribution in [3.63, 3.8) is 0 Å². The van der Waals surface area contributed by atoms with E-state index in [1.165, 1.54) is 19.5 Å². The molecule has 0 bridgehead atoms. The first-order chi connectivity index (χ1) is 13.2. The molecule has 0 saturated heterocycles. The van der Waals surface area contributed by atoms with Gasteiger partial charge in [0.2, 0.25) is 5.88 Å². The molecule has 1 unspecified atom stereocenters. The van der Waals surface area contributed by atoms with Crippen molar-refractivity contribution in [1.29, 1.82) is 0 Å². The van der Waals surface area contributed by atoms with Gasteiger partial charge in [0.1, 0.15) is 18.3 Å². The molecular formula is C19H23N3O6. The van der Waals surface area contributed by atoms with Crippen LogP contribution in [-0.2, 0) is 14.2 Å². The average Bonchev–Trinajstić information content (AvgIpc) is 2.64. The minimum absolute atomic E-state index is 0.105. The van der Waals surface area contributed by atoms with Gasteiger partial charge in [-0.2, -0.15) is 0 Å². The highest BCUT2D eigenvalue weighted by Crippen LogP contribution is 2.18. The van der Waals surface area contributed by atoms with Crippen LogP contribution in [0.25, 0.3) is 11.3 Å². The Hall–Kier alpha value is -3.23. The molecule has 0 aliphatic carbocycles. The largest absolute Gasteiger partial charge is 0.509 e. The number of nitrogens with zero attached hydrogens (tertiary/aromatic N) is 3. The maximum absolute atomic E-state index is 11.6. The minimum atomic E-state index is -0.754. The Morgan fingerprint density at radius 1 is 1.14 bits per heavy atom. The summed E-state index contributed by atoms with van der Waals surface area (Å²) >= 11 is 0. The van der Waals surface area contributed by atoms with Crippen LogP contribution in [0.15, 0.2) is 30.7 Å². The number of hydrogen-bond donors (Lipinski definition) is 0. The zero-order valence-electron chi connectivity index (χ0n) is 16.5. The molecule has 9 nitrogen and oxygen atoms in total. The Kier molecular flexibility index (Phi) is 6.86. The van der Waals surface area contributed by atoms with Crippen LogP contribution < -0.4 is 4.74 Å². The number of carbonyl (C=O) groups excluding carboxylic acids is 2. The number of aromatic nitrogens is 3. The molecule has 2 heterocycles. The van der Waals surface area contributed by atoms with E-state index in [2.05, 4.69) is 19.7 Å². The van der Waals surface area contributed by atoms with Crippen molar-refractivity contribution < 1.29 is 28.5 Å². The Morgan fingerprint density at radius 2 is 1.89 bits per heavy atom. The van der Waals surface area contributed by atoms with E-state index in [1.807, 2.05) is 0 Å². The zero-order chi connectivity index (χ0) is 20.7. The first-order valence-electron chi connectivity index (χ1n) is 8.57. The maximum atomic E-state index is 11.6. The highest BCUT2D eigenvalue weighted by atomic mass is 16.7. The molecule has 0 radical (unpaired) electrons. The minimum Gasteiger partial charge on any atom is -0.474 e. The van der Waals surface area contributed by atoms with E-state index in [0.29, 0.717) is 17.1 Å². The summed E-state index contributed by atoms with van der Waals surface area (Å²) in [6.07, 6.45) is 3.11. The average molecular weight is 389 g/mol. The van der Waals surface area contributed by atoms with Crippen molar-refractivity contribution in [3.05, 3.63) is 36.4 Å². The third-order valence-electron chi connectivity index (χ3n) is 3.21. The van der Waals surface area contributed by atoms with Crippen molar-refractivity contribution in [1.82, 2.24) is 15.0 Å². The van der Waals surface area contributed by atoms with E-state index in [9.17, 15) is 9.59 Å². The topological polar surface area (TPSA) is 110 Å². The van der Waals surface area contributed by atoms with E-state index in [0.717, 1.165) is 0 Å². The van der Waals surface area contributed by atoms with Gasteiger partial charge in [-0.15, -0.1) is 0 Å². The van der Waals surface area contributed by atoms with Crippen LogP contribution >= 0.6 is 0 Å². The summed E-state index contributed by atoms with van der Waals surface area (Å²) in [7, 11) is 1.28. The van der Waals surface area contributed by atoms with Gasteiger partial charge >= 0.3 is 12.1 Å². The number of pyridine rings is 1. The Labute approximate surface area is 163 Å². The van der Waals surface area contributed by atoms with Crippen LogP contribution in [0.3, 0.4) is 0 Å². The molecule has 0 amide bonds. The maximum Gasteiger partial charge on any atom is 0.509 e. The fourth-order valence-electron chi connectivity index (χ4n) is 2.00. The Balaban J connectivity index is 1.93. The molecule has 0 aliphatic rings. The summed E-state index contributed by atoms with van der Waals surface area (Å²) in [6, 6.07) is 3.37. The van der Waals surface area contributed by atoms with Crippen LogP contribution in [0.4, 0.5) is 4.79 Å². The monoisotopic (exact) mass is 389 g/mol. The van der Waals surface area contributed by atoms with Crippen molar-refractivity contribution in [2.75, 3.05) is 13.7 Å². The molecule has 0 spiro atoms. The van der Waals surface area contributed by atoms with Crippen LogP contribution in [0, 0.1) is 0 Å². The van der Waals surface area contributed by atoms with Gasteiger partial charge in [-0.3, -0.25) is 4.98 Å². The molecule has 0 aliphatic heterocycles. The second kappa shape index (κ2) is 9.12. The van der Waals surface area contributed by atoms with Crippen LogP contribution in [-0.4, -0.2) is 52.5 Å². The van der Waals surface area contributed by atoms with Gasteiger partial charge in [-0.05, 0) is 33.8 Å². The summed E-state index contributed by atoms with van der Waals surface area (Å²) in [5.41, 5.74) is 0.615. The molecule has 9 heteroatoms. The molecule has 28 heavy (non-hydrogen) atoms. The standard InChI is InChI=1S/C19H23N3O6/c1-12(27-18(24)28-19(2,3)4)11-26-16-7-6-13(8-21-16)14-9-20-10-15(22-14)17(23)25-5/h6-10,12H,11H2,1-5H3.